The van der Waals surface area contributed by atoms with E-state index in [1.807, 2.05) is 0 Å². The second kappa shape index (κ2) is 5.31. The Balaban J connectivity index is 2.30. The molecule has 20 heavy (non-hydrogen) atoms. The Hall–Kier alpha value is -1.18. The second-order valence-electron chi connectivity index (χ2n) is 5.47. The van der Waals surface area contributed by atoms with Gasteiger partial charge in [0, 0.05) is 18.8 Å². The molecule has 1 saturated heterocycles. The van der Waals surface area contributed by atoms with Gasteiger partial charge in [-0.25, -0.2) is 12.8 Å². The topological polar surface area (TPSA) is 83.6 Å². The largest absolute Gasteiger partial charge is 0.399 e. The number of anilines is 1. The van der Waals surface area contributed by atoms with Crippen LogP contribution in [-0.4, -0.2) is 36.5 Å². The van der Waals surface area contributed by atoms with Crippen molar-refractivity contribution in [2.45, 2.75) is 36.7 Å². The molecule has 1 aliphatic heterocycles. The molecular formula is C13H19FN2O3S. The fraction of sp³-hybridized carbons (Fsp3) is 0.538. The third kappa shape index (κ3) is 3.28. The van der Waals surface area contributed by atoms with Gasteiger partial charge >= 0.3 is 0 Å². The average molecular weight is 302 g/mol. The molecule has 1 atom stereocenters. The van der Waals surface area contributed by atoms with Crippen LogP contribution < -0.4 is 5.73 Å². The smallest absolute Gasteiger partial charge is 0.243 e. The van der Waals surface area contributed by atoms with Crippen molar-refractivity contribution >= 4 is 15.7 Å². The summed E-state index contributed by atoms with van der Waals surface area (Å²) >= 11 is 0. The molecular weight excluding hydrogens is 283 g/mol. The van der Waals surface area contributed by atoms with E-state index in [1.165, 1.54) is 10.4 Å². The highest BCUT2D eigenvalue weighted by Crippen LogP contribution is 2.26. The van der Waals surface area contributed by atoms with Gasteiger partial charge in [0.2, 0.25) is 10.0 Å². The summed E-state index contributed by atoms with van der Waals surface area (Å²) in [5.41, 5.74) is 4.72. The summed E-state index contributed by atoms with van der Waals surface area (Å²) in [6.07, 6.45) is 1.47. The van der Waals surface area contributed by atoms with Crippen molar-refractivity contribution in [1.82, 2.24) is 4.31 Å². The summed E-state index contributed by atoms with van der Waals surface area (Å²) in [6.45, 7) is 2.23. The minimum Gasteiger partial charge on any atom is -0.399 e. The molecule has 3 N–H and O–H groups in total. The molecule has 0 amide bonds. The number of benzene rings is 1. The Kier molecular flexibility index (Phi) is 4.04. The SMILES string of the molecule is CC1(O)CCCN(S(=O)(=O)c2cc(N)cc(F)c2)CC1. The van der Waals surface area contributed by atoms with Gasteiger partial charge in [-0.15, -0.1) is 0 Å². The highest BCUT2D eigenvalue weighted by molar-refractivity contribution is 7.89. The number of hydrogen-bond donors (Lipinski definition) is 2. The van der Waals surface area contributed by atoms with E-state index >= 15 is 0 Å². The van der Waals surface area contributed by atoms with Crippen molar-refractivity contribution in [3.05, 3.63) is 24.0 Å². The molecule has 0 bridgehead atoms. The minimum atomic E-state index is -3.78. The number of nitrogens with two attached hydrogens (primary N) is 1. The average Bonchev–Trinajstić information content (AvgIpc) is 2.49. The Bertz CT molecular complexity index is 581. The van der Waals surface area contributed by atoms with Crippen LogP contribution in [0.1, 0.15) is 26.2 Å². The first-order chi connectivity index (χ1) is 9.21. The molecule has 112 valence electrons. The molecule has 1 aromatic carbocycles. The molecule has 0 radical (unpaired) electrons. The zero-order valence-electron chi connectivity index (χ0n) is 11.3. The number of aliphatic hydroxyl groups is 1. The van der Waals surface area contributed by atoms with Gasteiger partial charge in [0.15, 0.2) is 0 Å². The lowest BCUT2D eigenvalue weighted by atomic mass is 9.98. The van der Waals surface area contributed by atoms with Crippen LogP contribution in [0.25, 0.3) is 0 Å². The van der Waals surface area contributed by atoms with Crippen LogP contribution in [0.15, 0.2) is 23.1 Å². The zero-order valence-corrected chi connectivity index (χ0v) is 12.2. The van der Waals surface area contributed by atoms with E-state index in [1.54, 1.807) is 6.92 Å². The first kappa shape index (κ1) is 15.2. The van der Waals surface area contributed by atoms with Crippen LogP contribution in [0.3, 0.4) is 0 Å². The lowest BCUT2D eigenvalue weighted by Gasteiger charge is -2.22. The molecule has 5 nitrogen and oxygen atoms in total. The molecule has 0 saturated carbocycles. The van der Waals surface area contributed by atoms with Gasteiger partial charge in [0.1, 0.15) is 5.82 Å². The number of halogens is 1. The molecule has 1 unspecified atom stereocenters. The third-order valence-corrected chi connectivity index (χ3v) is 5.43. The number of rotatable bonds is 2. The van der Waals surface area contributed by atoms with E-state index < -0.39 is 21.4 Å². The Morgan fingerprint density at radius 1 is 1.30 bits per heavy atom. The van der Waals surface area contributed by atoms with Gasteiger partial charge in [0.25, 0.3) is 0 Å². The Labute approximate surface area is 118 Å². The maximum atomic E-state index is 13.3. The van der Waals surface area contributed by atoms with Gasteiger partial charge in [0.05, 0.1) is 10.5 Å². The summed E-state index contributed by atoms with van der Waals surface area (Å²) in [4.78, 5) is -0.142. The number of nitrogens with zero attached hydrogens (tertiary/aromatic N) is 1. The van der Waals surface area contributed by atoms with Crippen molar-refractivity contribution in [1.29, 1.82) is 0 Å². The van der Waals surface area contributed by atoms with Crippen molar-refractivity contribution < 1.29 is 17.9 Å². The molecule has 1 fully saturated rings. The summed E-state index contributed by atoms with van der Waals surface area (Å²) < 4.78 is 39.6. The fourth-order valence-electron chi connectivity index (χ4n) is 2.36. The minimum absolute atomic E-state index is 0.0744. The monoisotopic (exact) mass is 302 g/mol. The number of sulfonamides is 1. The number of nitrogen functional groups attached to an aromatic ring is 1. The van der Waals surface area contributed by atoms with Gasteiger partial charge in [-0.2, -0.15) is 4.31 Å². The molecule has 1 aliphatic rings. The van der Waals surface area contributed by atoms with Gasteiger partial charge in [-0.05, 0) is 44.4 Å². The fourth-order valence-corrected chi connectivity index (χ4v) is 3.91. The van der Waals surface area contributed by atoms with E-state index in [0.717, 1.165) is 12.1 Å². The Morgan fingerprint density at radius 3 is 2.65 bits per heavy atom. The van der Waals surface area contributed by atoms with Crippen LogP contribution in [0, 0.1) is 5.82 Å². The summed E-state index contributed by atoms with van der Waals surface area (Å²) in [5, 5.41) is 10.00. The Morgan fingerprint density at radius 2 is 2.00 bits per heavy atom. The van der Waals surface area contributed by atoms with Crippen molar-refractivity contribution in [2.24, 2.45) is 0 Å². The maximum Gasteiger partial charge on any atom is 0.243 e. The van der Waals surface area contributed by atoms with Gasteiger partial charge < -0.3 is 10.8 Å². The van der Waals surface area contributed by atoms with Crippen LogP contribution in [-0.2, 0) is 10.0 Å². The molecule has 1 heterocycles. The van der Waals surface area contributed by atoms with E-state index in [9.17, 15) is 17.9 Å². The molecule has 7 heteroatoms. The van der Waals surface area contributed by atoms with Crippen LogP contribution >= 0.6 is 0 Å². The third-order valence-electron chi connectivity index (χ3n) is 3.55. The molecule has 0 spiro atoms. The standard InChI is InChI=1S/C13H19FN2O3S/c1-13(17)3-2-5-16(6-4-13)20(18,19)12-8-10(14)7-11(15)9-12/h7-9,17H,2-6,15H2,1H3. The second-order valence-corrected chi connectivity index (χ2v) is 7.41. The molecule has 1 aromatic rings. The summed E-state index contributed by atoms with van der Waals surface area (Å²) in [5.74, 6) is -0.676. The first-order valence-corrected chi connectivity index (χ1v) is 7.93. The van der Waals surface area contributed by atoms with Crippen molar-refractivity contribution in [2.75, 3.05) is 18.8 Å². The van der Waals surface area contributed by atoms with Gasteiger partial charge in [-0.3, -0.25) is 0 Å². The van der Waals surface area contributed by atoms with Crippen molar-refractivity contribution in [3.63, 3.8) is 0 Å². The lowest BCUT2D eigenvalue weighted by molar-refractivity contribution is 0.0465. The highest BCUT2D eigenvalue weighted by atomic mass is 32.2. The normalized spacial score (nSPS) is 25.4. The number of hydrogen-bond acceptors (Lipinski definition) is 4. The molecule has 0 aliphatic carbocycles. The van der Waals surface area contributed by atoms with E-state index in [2.05, 4.69) is 0 Å². The van der Waals surface area contributed by atoms with Crippen molar-refractivity contribution in [3.8, 4) is 0 Å². The van der Waals surface area contributed by atoms with Crippen LogP contribution in [0.2, 0.25) is 0 Å². The van der Waals surface area contributed by atoms with E-state index in [4.69, 9.17) is 5.73 Å². The zero-order chi connectivity index (χ0) is 15.0. The highest BCUT2D eigenvalue weighted by Gasteiger charge is 2.31. The van der Waals surface area contributed by atoms with E-state index in [0.29, 0.717) is 25.8 Å². The van der Waals surface area contributed by atoms with Crippen LogP contribution in [0.5, 0.6) is 0 Å². The maximum absolute atomic E-state index is 13.3. The predicted octanol–water partition coefficient (Wildman–Crippen LogP) is 1.33. The first-order valence-electron chi connectivity index (χ1n) is 6.49. The summed E-state index contributed by atoms with van der Waals surface area (Å²) in [7, 11) is -3.78. The van der Waals surface area contributed by atoms with Crippen LogP contribution in [0.4, 0.5) is 10.1 Å². The summed E-state index contributed by atoms with van der Waals surface area (Å²) in [6, 6.07) is 3.29. The molecule has 0 aromatic heterocycles. The molecule has 2 rings (SSSR count). The predicted molar refractivity (Wildman–Crippen MR) is 74.0 cm³/mol. The van der Waals surface area contributed by atoms with Gasteiger partial charge in [-0.1, -0.05) is 0 Å². The van der Waals surface area contributed by atoms with E-state index in [-0.39, 0.29) is 17.1 Å². The lowest BCUT2D eigenvalue weighted by Crippen LogP contribution is -2.33. The quantitative estimate of drug-likeness (QED) is 0.807.